The maximum Gasteiger partial charge on any atom is 0.304 e. The van der Waals surface area contributed by atoms with Gasteiger partial charge < -0.3 is 9.84 Å². The second-order valence-electron chi connectivity index (χ2n) is 4.33. The summed E-state index contributed by atoms with van der Waals surface area (Å²) in [6.45, 7) is 3.98. The molecule has 19 heavy (non-hydrogen) atoms. The van der Waals surface area contributed by atoms with E-state index in [0.29, 0.717) is 4.90 Å². The van der Waals surface area contributed by atoms with E-state index in [4.69, 9.17) is 9.84 Å². The van der Waals surface area contributed by atoms with Crippen LogP contribution in [0.15, 0.2) is 17.0 Å². The molecule has 1 unspecified atom stereocenters. The standard InChI is InChI=1S/C13H19NO4S/c1-9-7-11(18-4)8-10(2)13(9)19(17)14(3)6-5-12(15)16/h7-8H,5-6H2,1-4H3,(H,15,16). The molecule has 0 aliphatic rings. The first-order chi connectivity index (χ1) is 8.86. The van der Waals surface area contributed by atoms with Gasteiger partial charge in [0.05, 0.1) is 18.4 Å². The Morgan fingerprint density at radius 2 is 1.89 bits per heavy atom. The van der Waals surface area contributed by atoms with Crippen LogP contribution in [-0.4, -0.2) is 40.3 Å². The SMILES string of the molecule is COc1cc(C)c(S(=O)N(C)CCC(=O)O)c(C)c1. The largest absolute Gasteiger partial charge is 0.497 e. The Kier molecular flexibility index (Phi) is 5.50. The van der Waals surface area contributed by atoms with Crippen LogP contribution in [-0.2, 0) is 15.8 Å². The molecule has 0 fully saturated rings. The van der Waals surface area contributed by atoms with Gasteiger partial charge in [0.1, 0.15) is 16.7 Å². The van der Waals surface area contributed by atoms with Crippen molar-refractivity contribution in [2.45, 2.75) is 25.2 Å². The van der Waals surface area contributed by atoms with E-state index in [1.165, 1.54) is 4.31 Å². The molecule has 6 heteroatoms. The minimum Gasteiger partial charge on any atom is -0.497 e. The molecule has 0 radical (unpaired) electrons. The van der Waals surface area contributed by atoms with Gasteiger partial charge in [0.2, 0.25) is 0 Å². The van der Waals surface area contributed by atoms with E-state index in [1.807, 2.05) is 26.0 Å². The number of carboxylic acid groups (broad SMARTS) is 1. The average Bonchev–Trinajstić information content (AvgIpc) is 2.34. The van der Waals surface area contributed by atoms with Gasteiger partial charge >= 0.3 is 5.97 Å². The Bertz CT molecular complexity index is 478. The van der Waals surface area contributed by atoms with Crippen molar-refractivity contribution in [3.05, 3.63) is 23.3 Å². The van der Waals surface area contributed by atoms with Gasteiger partial charge in [-0.1, -0.05) is 0 Å². The van der Waals surface area contributed by atoms with Crippen molar-refractivity contribution in [3.63, 3.8) is 0 Å². The Morgan fingerprint density at radius 1 is 1.37 bits per heavy atom. The monoisotopic (exact) mass is 285 g/mol. The fourth-order valence-electron chi connectivity index (χ4n) is 1.80. The maximum atomic E-state index is 12.4. The lowest BCUT2D eigenvalue weighted by Gasteiger charge is -2.18. The molecule has 1 atom stereocenters. The molecule has 0 amide bonds. The van der Waals surface area contributed by atoms with E-state index in [2.05, 4.69) is 0 Å². The van der Waals surface area contributed by atoms with Crippen LogP contribution in [0.1, 0.15) is 17.5 Å². The third-order valence-corrected chi connectivity index (χ3v) is 4.51. The van der Waals surface area contributed by atoms with Gasteiger partial charge in [0.25, 0.3) is 0 Å². The van der Waals surface area contributed by atoms with Gasteiger partial charge in [0, 0.05) is 13.6 Å². The van der Waals surface area contributed by atoms with E-state index >= 15 is 0 Å². The van der Waals surface area contributed by atoms with Crippen molar-refractivity contribution in [1.29, 1.82) is 0 Å². The highest BCUT2D eigenvalue weighted by Crippen LogP contribution is 2.25. The predicted molar refractivity (Wildman–Crippen MR) is 73.8 cm³/mol. The Labute approximate surface area is 115 Å². The number of ether oxygens (including phenoxy) is 1. The third kappa shape index (κ3) is 4.04. The summed E-state index contributed by atoms with van der Waals surface area (Å²) in [7, 11) is 1.88. The van der Waals surface area contributed by atoms with Gasteiger partial charge in [-0.15, -0.1) is 0 Å². The minimum absolute atomic E-state index is 0.0313. The molecule has 1 rings (SSSR count). The number of carbonyl (C=O) groups is 1. The lowest BCUT2D eigenvalue weighted by atomic mass is 10.1. The summed E-state index contributed by atoms with van der Waals surface area (Å²) < 4.78 is 19.1. The molecule has 1 aromatic carbocycles. The van der Waals surface area contributed by atoms with E-state index < -0.39 is 17.0 Å². The van der Waals surface area contributed by atoms with Crippen LogP contribution in [0, 0.1) is 13.8 Å². The topological polar surface area (TPSA) is 66.8 Å². The van der Waals surface area contributed by atoms with Crippen LogP contribution in [0.2, 0.25) is 0 Å². The number of benzene rings is 1. The molecule has 0 aliphatic carbocycles. The second-order valence-corrected chi connectivity index (χ2v) is 5.86. The zero-order valence-electron chi connectivity index (χ0n) is 11.6. The maximum absolute atomic E-state index is 12.4. The zero-order valence-corrected chi connectivity index (χ0v) is 12.4. The molecule has 0 saturated heterocycles. The van der Waals surface area contributed by atoms with Gasteiger partial charge in [-0.3, -0.25) is 4.79 Å². The van der Waals surface area contributed by atoms with Crippen molar-refractivity contribution in [2.24, 2.45) is 0 Å². The Morgan fingerprint density at radius 3 is 2.32 bits per heavy atom. The normalized spacial score (nSPS) is 12.5. The summed E-state index contributed by atoms with van der Waals surface area (Å²) in [4.78, 5) is 11.3. The van der Waals surface area contributed by atoms with Crippen molar-refractivity contribution in [2.75, 3.05) is 20.7 Å². The molecule has 106 valence electrons. The molecule has 1 N–H and O–H groups in total. The van der Waals surface area contributed by atoms with Crippen molar-refractivity contribution in [1.82, 2.24) is 4.31 Å². The number of hydrogen-bond donors (Lipinski definition) is 1. The third-order valence-electron chi connectivity index (χ3n) is 2.77. The highest BCUT2D eigenvalue weighted by molar-refractivity contribution is 7.82. The van der Waals surface area contributed by atoms with Gasteiger partial charge in [-0.05, 0) is 37.1 Å². The summed E-state index contributed by atoms with van der Waals surface area (Å²) in [6, 6.07) is 3.65. The minimum atomic E-state index is -1.36. The first-order valence-corrected chi connectivity index (χ1v) is 6.97. The van der Waals surface area contributed by atoms with E-state index in [-0.39, 0.29) is 13.0 Å². The van der Waals surface area contributed by atoms with Gasteiger partial charge in [-0.2, -0.15) is 0 Å². The lowest BCUT2D eigenvalue weighted by molar-refractivity contribution is -0.137. The van der Waals surface area contributed by atoms with Crippen LogP contribution in [0.4, 0.5) is 0 Å². The van der Waals surface area contributed by atoms with Crippen LogP contribution in [0.3, 0.4) is 0 Å². The number of hydrogen-bond acceptors (Lipinski definition) is 3. The van der Waals surface area contributed by atoms with Crippen LogP contribution in [0.5, 0.6) is 5.75 Å². The molecule has 0 aromatic heterocycles. The zero-order chi connectivity index (χ0) is 14.6. The van der Waals surface area contributed by atoms with E-state index in [0.717, 1.165) is 16.9 Å². The number of rotatable bonds is 6. The van der Waals surface area contributed by atoms with Gasteiger partial charge in [0.15, 0.2) is 0 Å². The summed E-state index contributed by atoms with van der Waals surface area (Å²) in [6.07, 6.45) is -0.0313. The number of carboxylic acids is 1. The number of methoxy groups -OCH3 is 1. The van der Waals surface area contributed by atoms with Crippen LogP contribution in [0.25, 0.3) is 0 Å². The molecule has 0 spiro atoms. The first-order valence-electron chi connectivity index (χ1n) is 5.87. The quantitative estimate of drug-likeness (QED) is 0.864. The van der Waals surface area contributed by atoms with Gasteiger partial charge in [-0.25, -0.2) is 8.51 Å². The number of nitrogens with zero attached hydrogens (tertiary/aromatic N) is 1. The summed E-state index contributed by atoms with van der Waals surface area (Å²) in [5.41, 5.74) is 1.75. The van der Waals surface area contributed by atoms with E-state index in [1.54, 1.807) is 14.2 Å². The first kappa shape index (κ1) is 15.7. The Balaban J connectivity index is 2.96. The molecule has 0 aliphatic heterocycles. The van der Waals surface area contributed by atoms with Crippen molar-refractivity contribution >= 4 is 17.0 Å². The predicted octanol–water partition coefficient (Wildman–Crippen LogP) is 1.74. The highest BCUT2D eigenvalue weighted by atomic mass is 32.2. The van der Waals surface area contributed by atoms with Crippen molar-refractivity contribution < 1.29 is 18.8 Å². The average molecular weight is 285 g/mol. The fourth-order valence-corrected chi connectivity index (χ4v) is 3.03. The molecule has 0 heterocycles. The summed E-state index contributed by atoms with van der Waals surface area (Å²) in [5, 5.41) is 8.65. The summed E-state index contributed by atoms with van der Waals surface area (Å²) in [5.74, 6) is -0.170. The molecule has 0 saturated carbocycles. The smallest absolute Gasteiger partial charge is 0.304 e. The summed E-state index contributed by atoms with van der Waals surface area (Å²) >= 11 is 0. The number of aryl methyl sites for hydroxylation is 2. The number of aliphatic carboxylic acids is 1. The Hall–Kier alpha value is -1.40. The molecular weight excluding hydrogens is 266 g/mol. The van der Waals surface area contributed by atoms with E-state index in [9.17, 15) is 9.00 Å². The van der Waals surface area contributed by atoms with Crippen LogP contribution >= 0.6 is 0 Å². The highest BCUT2D eigenvalue weighted by Gasteiger charge is 2.17. The molecule has 1 aromatic rings. The lowest BCUT2D eigenvalue weighted by Crippen LogP contribution is -2.25. The van der Waals surface area contributed by atoms with Crippen LogP contribution < -0.4 is 4.74 Å². The molecule has 0 bridgehead atoms. The second kappa shape index (κ2) is 6.68. The van der Waals surface area contributed by atoms with Crippen molar-refractivity contribution in [3.8, 4) is 5.75 Å². The molecular formula is C13H19NO4S. The molecule has 5 nitrogen and oxygen atoms in total. The fraction of sp³-hybridized carbons (Fsp3) is 0.462.